The summed E-state index contributed by atoms with van der Waals surface area (Å²) in [4.78, 5) is 28.5. The van der Waals surface area contributed by atoms with Crippen LogP contribution in [0.5, 0.6) is 0 Å². The summed E-state index contributed by atoms with van der Waals surface area (Å²) >= 11 is 11.9. The summed E-state index contributed by atoms with van der Waals surface area (Å²) in [5, 5.41) is 6.35. The average Bonchev–Trinajstić information content (AvgIpc) is 2.60. The number of imide groups is 1. The summed E-state index contributed by atoms with van der Waals surface area (Å²) in [5.74, 6) is 0.223. The van der Waals surface area contributed by atoms with E-state index < -0.39 is 6.04 Å². The predicted molar refractivity (Wildman–Crippen MR) is 73.6 cm³/mol. The highest BCUT2D eigenvalue weighted by molar-refractivity contribution is 6.37. The number of nitrogens with zero attached hydrogens (tertiary/aromatic N) is 2. The first-order chi connectivity index (χ1) is 8.93. The predicted octanol–water partition coefficient (Wildman–Crippen LogP) is 1.60. The fourth-order valence-electron chi connectivity index (χ4n) is 1.78. The molecule has 102 valence electrons. The fraction of sp³-hybridized carbons (Fsp3) is 0.364. The molecule has 1 aromatic heterocycles. The first kappa shape index (κ1) is 13.9. The van der Waals surface area contributed by atoms with Crippen molar-refractivity contribution in [3.8, 4) is 0 Å². The zero-order valence-corrected chi connectivity index (χ0v) is 11.8. The zero-order chi connectivity index (χ0) is 14.2. The maximum Gasteiger partial charge on any atom is 0.251 e. The lowest BCUT2D eigenvalue weighted by molar-refractivity contribution is -0.136. The monoisotopic (exact) mass is 302 g/mol. The van der Waals surface area contributed by atoms with Gasteiger partial charge in [-0.3, -0.25) is 14.5 Å². The Morgan fingerprint density at radius 1 is 1.32 bits per heavy atom. The van der Waals surface area contributed by atoms with Crippen LogP contribution >= 0.6 is 23.2 Å². The Morgan fingerprint density at radius 2 is 1.95 bits per heavy atom. The molecule has 0 spiro atoms. The molecule has 1 aromatic rings. The van der Waals surface area contributed by atoms with Crippen LogP contribution in [-0.4, -0.2) is 41.8 Å². The van der Waals surface area contributed by atoms with Crippen LogP contribution in [-0.2, 0) is 9.59 Å². The summed E-state index contributed by atoms with van der Waals surface area (Å²) in [6.07, 6.45) is 0.0882. The zero-order valence-electron chi connectivity index (χ0n) is 10.3. The molecular formula is C11H12Cl2N4O2. The van der Waals surface area contributed by atoms with E-state index in [2.05, 4.69) is 15.6 Å². The second kappa shape index (κ2) is 5.22. The van der Waals surface area contributed by atoms with Crippen molar-refractivity contribution < 1.29 is 9.59 Å². The molecule has 0 aliphatic carbocycles. The summed E-state index contributed by atoms with van der Waals surface area (Å²) in [6.45, 7) is 0. The molecule has 6 nitrogen and oxygen atoms in total. The van der Waals surface area contributed by atoms with Crippen LogP contribution in [0, 0.1) is 0 Å². The Hall–Kier alpha value is -1.53. The molecule has 0 saturated carbocycles. The maximum atomic E-state index is 11.8. The molecule has 1 aliphatic rings. The number of hydrogen-bond acceptors (Lipinski definition) is 5. The van der Waals surface area contributed by atoms with Crippen molar-refractivity contribution in [3.63, 3.8) is 0 Å². The number of hydrogen-bond donors (Lipinski definition) is 2. The number of nitrogens with one attached hydrogen (secondary N) is 2. The topological polar surface area (TPSA) is 74.3 Å². The Labute approximate surface area is 120 Å². The minimum absolute atomic E-state index is 0.0882. The number of anilines is 2. The van der Waals surface area contributed by atoms with Gasteiger partial charge in [0.05, 0.1) is 16.5 Å². The smallest absolute Gasteiger partial charge is 0.251 e. The molecule has 0 bridgehead atoms. The lowest BCUT2D eigenvalue weighted by Crippen LogP contribution is -2.32. The van der Waals surface area contributed by atoms with Gasteiger partial charge in [0.1, 0.15) is 17.7 Å². The second-order valence-corrected chi connectivity index (χ2v) is 4.91. The molecule has 1 aliphatic heterocycles. The molecule has 2 heterocycles. The molecule has 1 fully saturated rings. The molecule has 19 heavy (non-hydrogen) atoms. The largest absolute Gasteiger partial charge is 0.372 e. The van der Waals surface area contributed by atoms with E-state index >= 15 is 0 Å². The van der Waals surface area contributed by atoms with Crippen molar-refractivity contribution in [1.29, 1.82) is 0 Å². The van der Waals surface area contributed by atoms with Gasteiger partial charge in [0.15, 0.2) is 0 Å². The maximum absolute atomic E-state index is 11.8. The van der Waals surface area contributed by atoms with Crippen LogP contribution < -0.4 is 10.6 Å². The molecule has 1 unspecified atom stereocenters. The molecule has 2 rings (SSSR count). The highest BCUT2D eigenvalue weighted by Gasteiger charge is 2.36. The normalized spacial score (nSPS) is 18.9. The number of likely N-dealkylation sites (N-methyl/N-ethyl adjacent to an activating group) is 1. The first-order valence-electron chi connectivity index (χ1n) is 5.54. The van der Waals surface area contributed by atoms with E-state index in [1.165, 1.54) is 13.1 Å². The van der Waals surface area contributed by atoms with Gasteiger partial charge in [0.2, 0.25) is 5.91 Å². The van der Waals surface area contributed by atoms with Crippen molar-refractivity contribution in [1.82, 2.24) is 9.88 Å². The minimum atomic E-state index is -0.645. The number of rotatable bonds is 3. The van der Waals surface area contributed by atoms with Crippen LogP contribution in [0.4, 0.5) is 11.6 Å². The number of amides is 2. The average molecular weight is 303 g/mol. The molecule has 8 heteroatoms. The second-order valence-electron chi connectivity index (χ2n) is 4.09. The van der Waals surface area contributed by atoms with Crippen LogP contribution in [0.3, 0.4) is 0 Å². The van der Waals surface area contributed by atoms with Gasteiger partial charge < -0.3 is 10.6 Å². The lowest BCUT2D eigenvalue weighted by atomic mass is 10.2. The van der Waals surface area contributed by atoms with Gasteiger partial charge >= 0.3 is 0 Å². The van der Waals surface area contributed by atoms with Crippen LogP contribution in [0.15, 0.2) is 6.07 Å². The molecule has 2 N–H and O–H groups in total. The number of likely N-dealkylation sites (tertiary alicyclic amines) is 1. The Bertz CT molecular complexity index is 550. The standard InChI is InChI=1S/C11H12Cl2N4O2/c1-14-9-5(12)3-6(13)10(16-9)15-7-4-8(18)17(2)11(7)19/h3,7H,4H2,1-2H3,(H2,14,15,16). The van der Waals surface area contributed by atoms with Crippen molar-refractivity contribution in [3.05, 3.63) is 16.1 Å². The van der Waals surface area contributed by atoms with Gasteiger partial charge in [-0.1, -0.05) is 23.2 Å². The van der Waals surface area contributed by atoms with E-state index in [1.807, 2.05) is 0 Å². The van der Waals surface area contributed by atoms with Gasteiger partial charge in [-0.05, 0) is 6.07 Å². The summed E-state index contributed by atoms with van der Waals surface area (Å²) in [5.41, 5.74) is 0. The number of carbonyl (C=O) groups excluding carboxylic acids is 2. The van der Waals surface area contributed by atoms with Crippen LogP contribution in [0.1, 0.15) is 6.42 Å². The third-order valence-electron chi connectivity index (χ3n) is 2.86. The van der Waals surface area contributed by atoms with Gasteiger partial charge in [0.25, 0.3) is 5.91 Å². The van der Waals surface area contributed by atoms with Crippen molar-refractivity contribution in [2.75, 3.05) is 24.7 Å². The summed E-state index contributed by atoms with van der Waals surface area (Å²) in [6, 6.07) is 0.878. The summed E-state index contributed by atoms with van der Waals surface area (Å²) in [7, 11) is 3.12. The van der Waals surface area contributed by atoms with E-state index in [0.717, 1.165) is 4.90 Å². The quantitative estimate of drug-likeness (QED) is 0.830. The van der Waals surface area contributed by atoms with E-state index in [4.69, 9.17) is 23.2 Å². The third-order valence-corrected chi connectivity index (χ3v) is 3.44. The highest BCUT2D eigenvalue weighted by atomic mass is 35.5. The first-order valence-corrected chi connectivity index (χ1v) is 6.30. The van der Waals surface area contributed by atoms with E-state index in [0.29, 0.717) is 21.7 Å². The summed E-state index contributed by atoms with van der Waals surface area (Å²) < 4.78 is 0. The van der Waals surface area contributed by atoms with Crippen molar-refractivity contribution in [2.24, 2.45) is 0 Å². The number of halogens is 2. The van der Waals surface area contributed by atoms with Crippen LogP contribution in [0.25, 0.3) is 0 Å². The molecule has 0 radical (unpaired) electrons. The number of pyridine rings is 1. The van der Waals surface area contributed by atoms with E-state index in [1.54, 1.807) is 7.05 Å². The Kier molecular flexibility index (Phi) is 3.82. The highest BCUT2D eigenvalue weighted by Crippen LogP contribution is 2.30. The van der Waals surface area contributed by atoms with Crippen molar-refractivity contribution in [2.45, 2.75) is 12.5 Å². The van der Waals surface area contributed by atoms with Crippen LogP contribution in [0.2, 0.25) is 10.0 Å². The molecular weight excluding hydrogens is 291 g/mol. The van der Waals surface area contributed by atoms with Crippen molar-refractivity contribution >= 4 is 46.7 Å². The van der Waals surface area contributed by atoms with Gasteiger partial charge in [-0.25, -0.2) is 4.98 Å². The Morgan fingerprint density at radius 3 is 2.47 bits per heavy atom. The van der Waals surface area contributed by atoms with E-state index in [-0.39, 0.29) is 18.2 Å². The van der Waals surface area contributed by atoms with E-state index in [9.17, 15) is 9.59 Å². The van der Waals surface area contributed by atoms with Gasteiger partial charge in [-0.2, -0.15) is 0 Å². The Balaban J connectivity index is 2.25. The number of carbonyl (C=O) groups is 2. The fourth-order valence-corrected chi connectivity index (χ4v) is 2.28. The third kappa shape index (κ3) is 2.59. The van der Waals surface area contributed by atoms with Gasteiger partial charge in [-0.15, -0.1) is 0 Å². The molecule has 1 atom stereocenters. The lowest BCUT2D eigenvalue weighted by Gasteiger charge is -2.14. The van der Waals surface area contributed by atoms with Gasteiger partial charge in [0, 0.05) is 14.1 Å². The molecule has 0 aromatic carbocycles. The molecule has 1 saturated heterocycles. The number of aromatic nitrogens is 1. The molecule has 2 amide bonds. The minimum Gasteiger partial charge on any atom is -0.372 e. The SMILES string of the molecule is CNc1nc(NC2CC(=O)N(C)C2=O)c(Cl)cc1Cl.